The molecule has 1 rings (SSSR count). The maximum absolute atomic E-state index is 11.3. The molecule has 0 atom stereocenters. The van der Waals surface area contributed by atoms with E-state index in [0.29, 0.717) is 5.69 Å². The van der Waals surface area contributed by atoms with Crippen LogP contribution >= 0.6 is 0 Å². The summed E-state index contributed by atoms with van der Waals surface area (Å²) < 4.78 is 4.84. The minimum absolute atomic E-state index is 0.0572. The van der Waals surface area contributed by atoms with Crippen LogP contribution in [0.2, 0.25) is 0 Å². The van der Waals surface area contributed by atoms with Crippen LogP contribution in [0, 0.1) is 6.92 Å². The molecule has 0 aliphatic carbocycles. The van der Waals surface area contributed by atoms with Crippen molar-refractivity contribution in [1.29, 1.82) is 0 Å². The molecule has 0 unspecified atom stereocenters. The van der Waals surface area contributed by atoms with E-state index in [-0.39, 0.29) is 17.5 Å². The topological polar surface area (TPSA) is 91.4 Å². The Morgan fingerprint density at radius 1 is 1.50 bits per heavy atom. The number of amides is 1. The number of carboxylic acid groups (broad SMARTS) is 1. The highest BCUT2D eigenvalue weighted by molar-refractivity contribution is 5.97. The molecular weight excluding hydrogens is 212 g/mol. The van der Waals surface area contributed by atoms with E-state index in [4.69, 9.17) is 9.84 Å². The third-order valence-corrected chi connectivity index (χ3v) is 1.75. The summed E-state index contributed by atoms with van der Waals surface area (Å²) in [6.07, 6.45) is -0.926. The van der Waals surface area contributed by atoms with Crippen molar-refractivity contribution in [2.24, 2.45) is 0 Å². The van der Waals surface area contributed by atoms with Crippen molar-refractivity contribution in [3.8, 4) is 0 Å². The Morgan fingerprint density at radius 3 is 2.62 bits per heavy atom. The number of rotatable bonds is 3. The molecule has 6 heteroatoms. The van der Waals surface area contributed by atoms with Crippen molar-refractivity contribution in [2.45, 2.75) is 26.9 Å². The molecule has 0 aliphatic rings. The molecule has 0 bridgehead atoms. The summed E-state index contributed by atoms with van der Waals surface area (Å²) in [6, 6.07) is 1.53. The van der Waals surface area contributed by atoms with Crippen molar-refractivity contribution in [3.05, 3.63) is 17.5 Å². The van der Waals surface area contributed by atoms with Gasteiger partial charge in [-0.3, -0.25) is 5.32 Å². The van der Waals surface area contributed by atoms with Crippen LogP contribution in [0.15, 0.2) is 6.07 Å². The van der Waals surface area contributed by atoms with Gasteiger partial charge in [-0.2, -0.15) is 0 Å². The molecule has 1 heterocycles. The predicted octanol–water partition coefficient (Wildman–Crippen LogP) is 1.98. The molecule has 1 aromatic heterocycles. The van der Waals surface area contributed by atoms with Gasteiger partial charge >= 0.3 is 12.1 Å². The van der Waals surface area contributed by atoms with Crippen LogP contribution in [-0.2, 0) is 4.74 Å². The van der Waals surface area contributed by atoms with E-state index < -0.39 is 12.1 Å². The lowest BCUT2D eigenvalue weighted by Gasteiger charge is -2.08. The van der Waals surface area contributed by atoms with Gasteiger partial charge in [0.2, 0.25) is 0 Å². The highest BCUT2D eigenvalue weighted by Crippen LogP contribution is 2.17. The van der Waals surface area contributed by atoms with Gasteiger partial charge in [-0.05, 0) is 26.8 Å². The zero-order valence-corrected chi connectivity index (χ0v) is 9.33. The average molecular weight is 226 g/mol. The van der Waals surface area contributed by atoms with Crippen molar-refractivity contribution in [3.63, 3.8) is 0 Å². The first-order chi connectivity index (χ1) is 7.40. The molecule has 0 saturated heterocycles. The molecular formula is C10H14N2O4. The second-order valence-corrected chi connectivity index (χ2v) is 3.63. The van der Waals surface area contributed by atoms with E-state index in [1.165, 1.54) is 6.07 Å². The second-order valence-electron chi connectivity index (χ2n) is 3.63. The van der Waals surface area contributed by atoms with Gasteiger partial charge in [0.15, 0.2) is 0 Å². The number of carbonyl (C=O) groups excluding carboxylic acids is 1. The average Bonchev–Trinajstić information content (AvgIpc) is 2.44. The van der Waals surface area contributed by atoms with Crippen LogP contribution in [0.4, 0.5) is 10.5 Å². The standard InChI is InChI=1S/C10H14N2O4/c1-5(2)16-10(15)12-7-4-6(3)11-8(7)9(13)14/h4-5,11H,1-3H3,(H,12,15)(H,13,14). The monoisotopic (exact) mass is 226 g/mol. The van der Waals surface area contributed by atoms with E-state index in [1.807, 2.05) is 0 Å². The fourth-order valence-corrected chi connectivity index (χ4v) is 1.21. The summed E-state index contributed by atoms with van der Waals surface area (Å²) in [5.74, 6) is -1.13. The molecule has 88 valence electrons. The Morgan fingerprint density at radius 2 is 2.12 bits per heavy atom. The van der Waals surface area contributed by atoms with E-state index in [0.717, 1.165) is 0 Å². The minimum Gasteiger partial charge on any atom is -0.477 e. The van der Waals surface area contributed by atoms with Crippen molar-refractivity contribution in [2.75, 3.05) is 5.32 Å². The van der Waals surface area contributed by atoms with Crippen molar-refractivity contribution in [1.82, 2.24) is 4.98 Å². The van der Waals surface area contributed by atoms with Crippen LogP contribution < -0.4 is 5.32 Å². The fourth-order valence-electron chi connectivity index (χ4n) is 1.21. The maximum Gasteiger partial charge on any atom is 0.411 e. The van der Waals surface area contributed by atoms with Gasteiger partial charge in [-0.1, -0.05) is 0 Å². The highest BCUT2D eigenvalue weighted by Gasteiger charge is 2.16. The summed E-state index contributed by atoms with van der Waals surface area (Å²) >= 11 is 0. The number of nitrogens with one attached hydrogen (secondary N) is 2. The molecule has 0 saturated carbocycles. The third-order valence-electron chi connectivity index (χ3n) is 1.75. The SMILES string of the molecule is Cc1cc(NC(=O)OC(C)C)c(C(=O)O)[nH]1. The number of aromatic carboxylic acids is 1. The van der Waals surface area contributed by atoms with E-state index in [2.05, 4.69) is 10.3 Å². The summed E-state index contributed by atoms with van der Waals surface area (Å²) in [5, 5.41) is 11.2. The number of aryl methyl sites for hydroxylation is 1. The summed E-state index contributed by atoms with van der Waals surface area (Å²) in [7, 11) is 0. The molecule has 3 N–H and O–H groups in total. The molecule has 16 heavy (non-hydrogen) atoms. The molecule has 0 aromatic carbocycles. The number of hydrogen-bond donors (Lipinski definition) is 3. The normalized spacial score (nSPS) is 10.2. The Bertz CT molecular complexity index is 409. The Balaban J connectivity index is 2.80. The lowest BCUT2D eigenvalue weighted by Crippen LogP contribution is -2.19. The molecule has 0 fully saturated rings. The summed E-state index contributed by atoms with van der Waals surface area (Å²) in [6.45, 7) is 5.12. The van der Waals surface area contributed by atoms with Gasteiger partial charge in [0, 0.05) is 5.69 Å². The van der Waals surface area contributed by atoms with Gasteiger partial charge in [-0.25, -0.2) is 9.59 Å². The van der Waals surface area contributed by atoms with Crippen LogP contribution in [-0.4, -0.2) is 28.3 Å². The van der Waals surface area contributed by atoms with Crippen LogP contribution in [0.3, 0.4) is 0 Å². The lowest BCUT2D eigenvalue weighted by molar-refractivity contribution is 0.0692. The summed E-state index contributed by atoms with van der Waals surface area (Å²) in [5.41, 5.74) is 0.797. The predicted molar refractivity (Wildman–Crippen MR) is 57.7 cm³/mol. The van der Waals surface area contributed by atoms with Crippen molar-refractivity contribution >= 4 is 17.7 Å². The Hall–Kier alpha value is -1.98. The molecule has 0 spiro atoms. The molecule has 1 aromatic rings. The zero-order chi connectivity index (χ0) is 12.3. The Labute approximate surface area is 92.6 Å². The number of ether oxygens (including phenoxy) is 1. The number of carboxylic acids is 1. The van der Waals surface area contributed by atoms with Gasteiger partial charge in [-0.15, -0.1) is 0 Å². The van der Waals surface area contributed by atoms with E-state index >= 15 is 0 Å². The second kappa shape index (κ2) is 4.69. The van der Waals surface area contributed by atoms with E-state index in [9.17, 15) is 9.59 Å². The number of aromatic amines is 1. The molecule has 0 aliphatic heterocycles. The lowest BCUT2D eigenvalue weighted by atomic mass is 10.3. The van der Waals surface area contributed by atoms with Crippen LogP contribution in [0.25, 0.3) is 0 Å². The van der Waals surface area contributed by atoms with Gasteiger partial charge < -0.3 is 14.8 Å². The first-order valence-electron chi connectivity index (χ1n) is 4.80. The van der Waals surface area contributed by atoms with Crippen molar-refractivity contribution < 1.29 is 19.4 Å². The number of H-pyrrole nitrogens is 1. The highest BCUT2D eigenvalue weighted by atomic mass is 16.6. The first kappa shape index (κ1) is 12.1. The largest absolute Gasteiger partial charge is 0.477 e. The number of carbonyl (C=O) groups is 2. The number of hydrogen-bond acceptors (Lipinski definition) is 3. The molecule has 1 amide bonds. The number of anilines is 1. The summed E-state index contributed by atoms with van der Waals surface area (Å²) in [4.78, 5) is 24.7. The maximum atomic E-state index is 11.3. The smallest absolute Gasteiger partial charge is 0.411 e. The molecule has 0 radical (unpaired) electrons. The van der Waals surface area contributed by atoms with Crippen LogP contribution in [0.5, 0.6) is 0 Å². The quantitative estimate of drug-likeness (QED) is 0.734. The fraction of sp³-hybridized carbons (Fsp3) is 0.400. The van der Waals surface area contributed by atoms with Gasteiger partial charge in [0.1, 0.15) is 5.69 Å². The number of aromatic nitrogens is 1. The zero-order valence-electron chi connectivity index (χ0n) is 9.33. The Kier molecular flexibility index (Phi) is 3.55. The minimum atomic E-state index is -1.13. The van der Waals surface area contributed by atoms with E-state index in [1.54, 1.807) is 20.8 Å². The van der Waals surface area contributed by atoms with Gasteiger partial charge in [0.05, 0.1) is 11.8 Å². The molecule has 6 nitrogen and oxygen atoms in total. The van der Waals surface area contributed by atoms with Crippen LogP contribution in [0.1, 0.15) is 30.0 Å². The third kappa shape index (κ3) is 3.01. The van der Waals surface area contributed by atoms with Gasteiger partial charge in [0.25, 0.3) is 0 Å². The first-order valence-corrected chi connectivity index (χ1v) is 4.80.